The molecule has 136 valence electrons. The molecule has 26 heavy (non-hydrogen) atoms. The molecule has 0 saturated carbocycles. The summed E-state index contributed by atoms with van der Waals surface area (Å²) < 4.78 is 0. The molecule has 1 saturated heterocycles. The molecule has 2 aromatic rings. The standard InChI is InChI=1S/C19H19Cl2N3O2/c20-15-9-8-13(12-16(15)21)22-19(26)23-17-7-3-2-6-14(17)18(25)24-10-4-1-5-11-24/h2-3,6-9,12H,1,4-5,10-11H2,(H2,22,23,26). The summed E-state index contributed by atoms with van der Waals surface area (Å²) >= 11 is 11.8. The number of rotatable bonds is 3. The van der Waals surface area contributed by atoms with Crippen LogP contribution in [-0.2, 0) is 0 Å². The number of carbonyl (C=O) groups excluding carboxylic acids is 2. The van der Waals surface area contributed by atoms with E-state index in [0.29, 0.717) is 27.0 Å². The molecule has 0 aromatic heterocycles. The van der Waals surface area contributed by atoms with Crippen LogP contribution in [-0.4, -0.2) is 29.9 Å². The Hall–Kier alpha value is -2.24. The number of halogens is 2. The highest BCUT2D eigenvalue weighted by Gasteiger charge is 2.21. The molecule has 0 bridgehead atoms. The Bertz CT molecular complexity index is 820. The van der Waals surface area contributed by atoms with Gasteiger partial charge in [0.2, 0.25) is 0 Å². The van der Waals surface area contributed by atoms with E-state index in [-0.39, 0.29) is 5.91 Å². The van der Waals surface area contributed by atoms with Gasteiger partial charge in [0.25, 0.3) is 5.91 Å². The van der Waals surface area contributed by atoms with Crippen molar-refractivity contribution in [2.24, 2.45) is 0 Å². The van der Waals surface area contributed by atoms with Crippen LogP contribution in [0.4, 0.5) is 16.2 Å². The first-order valence-corrected chi connectivity index (χ1v) is 9.21. The largest absolute Gasteiger partial charge is 0.339 e. The zero-order chi connectivity index (χ0) is 18.5. The number of hydrogen-bond donors (Lipinski definition) is 2. The van der Waals surface area contributed by atoms with Gasteiger partial charge in [0, 0.05) is 18.8 Å². The summed E-state index contributed by atoms with van der Waals surface area (Å²) in [5.74, 6) is -0.0601. The smallest absolute Gasteiger partial charge is 0.323 e. The van der Waals surface area contributed by atoms with Crippen molar-refractivity contribution >= 4 is 46.5 Å². The zero-order valence-electron chi connectivity index (χ0n) is 14.1. The van der Waals surface area contributed by atoms with Crippen molar-refractivity contribution in [2.45, 2.75) is 19.3 Å². The van der Waals surface area contributed by atoms with Gasteiger partial charge in [-0.1, -0.05) is 35.3 Å². The number of para-hydroxylation sites is 1. The monoisotopic (exact) mass is 391 g/mol. The van der Waals surface area contributed by atoms with Crippen molar-refractivity contribution in [1.29, 1.82) is 0 Å². The Morgan fingerprint density at radius 2 is 1.62 bits per heavy atom. The molecule has 0 radical (unpaired) electrons. The number of nitrogens with one attached hydrogen (secondary N) is 2. The fourth-order valence-electron chi connectivity index (χ4n) is 2.90. The van der Waals surface area contributed by atoms with E-state index >= 15 is 0 Å². The molecule has 3 amide bonds. The minimum Gasteiger partial charge on any atom is -0.339 e. The number of amides is 3. The lowest BCUT2D eigenvalue weighted by Crippen LogP contribution is -2.36. The Balaban J connectivity index is 1.72. The van der Waals surface area contributed by atoms with Gasteiger partial charge < -0.3 is 15.5 Å². The van der Waals surface area contributed by atoms with Gasteiger partial charge in [-0.2, -0.15) is 0 Å². The quantitative estimate of drug-likeness (QED) is 0.748. The number of benzene rings is 2. The van der Waals surface area contributed by atoms with Crippen LogP contribution in [0.5, 0.6) is 0 Å². The van der Waals surface area contributed by atoms with Crippen molar-refractivity contribution in [1.82, 2.24) is 4.90 Å². The topological polar surface area (TPSA) is 61.4 Å². The first-order chi connectivity index (χ1) is 12.5. The van der Waals surface area contributed by atoms with E-state index in [1.165, 1.54) is 0 Å². The van der Waals surface area contributed by atoms with Crippen molar-refractivity contribution in [3.63, 3.8) is 0 Å². The average molecular weight is 392 g/mol. The molecule has 0 aliphatic carbocycles. The maximum Gasteiger partial charge on any atom is 0.323 e. The first-order valence-electron chi connectivity index (χ1n) is 8.46. The van der Waals surface area contributed by atoms with Crippen molar-refractivity contribution in [2.75, 3.05) is 23.7 Å². The van der Waals surface area contributed by atoms with Gasteiger partial charge in [-0.25, -0.2) is 4.79 Å². The third-order valence-corrected chi connectivity index (χ3v) is 4.97. The fourth-order valence-corrected chi connectivity index (χ4v) is 3.20. The van der Waals surface area contributed by atoms with Crippen LogP contribution >= 0.6 is 23.2 Å². The summed E-state index contributed by atoms with van der Waals surface area (Å²) in [6, 6.07) is 11.4. The molecule has 7 heteroatoms. The Morgan fingerprint density at radius 1 is 0.885 bits per heavy atom. The number of hydrogen-bond acceptors (Lipinski definition) is 2. The molecule has 3 rings (SSSR count). The lowest BCUT2D eigenvalue weighted by Gasteiger charge is -2.27. The van der Waals surface area contributed by atoms with Crippen LogP contribution in [0.1, 0.15) is 29.6 Å². The number of likely N-dealkylation sites (tertiary alicyclic amines) is 1. The van der Waals surface area contributed by atoms with Gasteiger partial charge in [0.1, 0.15) is 0 Å². The minimum absolute atomic E-state index is 0.0601. The van der Waals surface area contributed by atoms with E-state index in [4.69, 9.17) is 23.2 Å². The molecule has 5 nitrogen and oxygen atoms in total. The van der Waals surface area contributed by atoms with E-state index in [9.17, 15) is 9.59 Å². The van der Waals surface area contributed by atoms with E-state index in [1.807, 2.05) is 4.90 Å². The van der Waals surface area contributed by atoms with Crippen LogP contribution in [0.3, 0.4) is 0 Å². The number of anilines is 2. The highest BCUT2D eigenvalue weighted by atomic mass is 35.5. The molecule has 1 fully saturated rings. The predicted octanol–water partition coefficient (Wildman–Crippen LogP) is 5.26. The number of urea groups is 1. The summed E-state index contributed by atoms with van der Waals surface area (Å²) in [5, 5.41) is 6.19. The molecule has 0 spiro atoms. The molecule has 0 unspecified atom stereocenters. The van der Waals surface area contributed by atoms with E-state index in [0.717, 1.165) is 32.4 Å². The van der Waals surface area contributed by atoms with Crippen molar-refractivity contribution in [3.8, 4) is 0 Å². The lowest BCUT2D eigenvalue weighted by atomic mass is 10.1. The SMILES string of the molecule is O=C(Nc1ccc(Cl)c(Cl)c1)Nc1ccccc1C(=O)N1CCCCC1. The number of carbonyl (C=O) groups is 2. The lowest BCUT2D eigenvalue weighted by molar-refractivity contribution is 0.0725. The van der Waals surface area contributed by atoms with Crippen LogP contribution in [0.25, 0.3) is 0 Å². The molecule has 0 atom stereocenters. The fraction of sp³-hybridized carbons (Fsp3) is 0.263. The third kappa shape index (κ3) is 4.48. The summed E-state index contributed by atoms with van der Waals surface area (Å²) in [6.45, 7) is 1.51. The van der Waals surface area contributed by atoms with Gasteiger partial charge in [0.05, 0.1) is 21.3 Å². The minimum atomic E-state index is -0.456. The van der Waals surface area contributed by atoms with Gasteiger partial charge >= 0.3 is 6.03 Å². The zero-order valence-corrected chi connectivity index (χ0v) is 15.6. The first kappa shape index (κ1) is 18.5. The average Bonchev–Trinajstić information content (AvgIpc) is 2.65. The third-order valence-electron chi connectivity index (χ3n) is 4.23. The normalized spacial score (nSPS) is 14.0. The maximum absolute atomic E-state index is 12.8. The van der Waals surface area contributed by atoms with Crippen molar-refractivity contribution < 1.29 is 9.59 Å². The highest BCUT2D eigenvalue weighted by molar-refractivity contribution is 6.42. The summed E-state index contributed by atoms with van der Waals surface area (Å²) in [6.07, 6.45) is 3.17. The Morgan fingerprint density at radius 3 is 2.35 bits per heavy atom. The van der Waals surface area contributed by atoms with Crippen LogP contribution in [0, 0.1) is 0 Å². The molecule has 1 heterocycles. The van der Waals surface area contributed by atoms with Gasteiger partial charge in [-0.3, -0.25) is 4.79 Å². The molecule has 2 N–H and O–H groups in total. The highest BCUT2D eigenvalue weighted by Crippen LogP contribution is 2.25. The Labute approximate surface area is 162 Å². The molecular weight excluding hydrogens is 373 g/mol. The van der Waals surface area contributed by atoms with Gasteiger partial charge in [-0.15, -0.1) is 0 Å². The second-order valence-corrected chi connectivity index (χ2v) is 6.92. The number of piperidine rings is 1. The van der Waals surface area contributed by atoms with E-state index < -0.39 is 6.03 Å². The summed E-state index contributed by atoms with van der Waals surface area (Å²) in [4.78, 5) is 26.9. The van der Waals surface area contributed by atoms with Crippen LogP contribution < -0.4 is 10.6 Å². The van der Waals surface area contributed by atoms with Crippen LogP contribution in [0.2, 0.25) is 10.0 Å². The summed E-state index contributed by atoms with van der Waals surface area (Å²) in [7, 11) is 0. The van der Waals surface area contributed by atoms with E-state index in [2.05, 4.69) is 10.6 Å². The number of nitrogens with zero attached hydrogens (tertiary/aromatic N) is 1. The molecule has 2 aromatic carbocycles. The Kier molecular flexibility index (Phi) is 6.01. The van der Waals surface area contributed by atoms with Crippen LogP contribution in [0.15, 0.2) is 42.5 Å². The molecule has 1 aliphatic rings. The van der Waals surface area contributed by atoms with E-state index in [1.54, 1.807) is 42.5 Å². The van der Waals surface area contributed by atoms with Gasteiger partial charge in [0.15, 0.2) is 0 Å². The molecular formula is C19H19Cl2N3O2. The van der Waals surface area contributed by atoms with Crippen molar-refractivity contribution in [3.05, 3.63) is 58.1 Å². The predicted molar refractivity (Wildman–Crippen MR) is 105 cm³/mol. The molecule has 1 aliphatic heterocycles. The maximum atomic E-state index is 12.8. The second kappa shape index (κ2) is 8.43. The van der Waals surface area contributed by atoms with Gasteiger partial charge in [-0.05, 0) is 49.6 Å². The summed E-state index contributed by atoms with van der Waals surface area (Å²) in [5.41, 5.74) is 1.47. The second-order valence-electron chi connectivity index (χ2n) is 6.11.